The molecular weight excluding hydrogens is 586 g/mol. The van der Waals surface area contributed by atoms with Gasteiger partial charge in [0.2, 0.25) is 11.8 Å². The Kier molecular flexibility index (Phi) is 11.1. The molecule has 3 aromatic rings. The van der Waals surface area contributed by atoms with E-state index in [2.05, 4.69) is 5.32 Å². The summed E-state index contributed by atoms with van der Waals surface area (Å²) in [4.78, 5) is 29.0. The summed E-state index contributed by atoms with van der Waals surface area (Å²) in [6.07, 6.45) is 5.06. The highest BCUT2D eigenvalue weighted by Gasteiger charge is 2.33. The molecule has 3 aromatic carbocycles. The molecule has 1 saturated carbocycles. The van der Waals surface area contributed by atoms with Crippen molar-refractivity contribution in [1.82, 2.24) is 10.2 Å². The van der Waals surface area contributed by atoms with Crippen LogP contribution in [0.15, 0.2) is 77.7 Å². The van der Waals surface area contributed by atoms with Gasteiger partial charge in [-0.2, -0.15) is 0 Å². The third kappa shape index (κ3) is 8.30. The molecule has 0 bridgehead atoms. The van der Waals surface area contributed by atoms with Crippen LogP contribution in [0, 0.1) is 6.92 Å². The molecule has 0 unspecified atom stereocenters. The van der Waals surface area contributed by atoms with Crippen LogP contribution in [0.1, 0.15) is 57.1 Å². The number of anilines is 1. The Bertz CT molecular complexity index is 1490. The molecule has 8 nitrogen and oxygen atoms in total. The molecule has 0 saturated heterocycles. The maximum absolute atomic E-state index is 14.1. The number of nitrogens with zero attached hydrogens (tertiary/aromatic N) is 2. The van der Waals surface area contributed by atoms with E-state index in [9.17, 15) is 18.0 Å². The molecule has 230 valence electrons. The summed E-state index contributed by atoms with van der Waals surface area (Å²) in [5.74, 6) is -0.256. The second-order valence-electron chi connectivity index (χ2n) is 10.9. The van der Waals surface area contributed by atoms with Crippen LogP contribution in [0.3, 0.4) is 0 Å². The first-order valence-electron chi connectivity index (χ1n) is 14.8. The number of halogens is 1. The van der Waals surface area contributed by atoms with E-state index in [0.717, 1.165) is 42.0 Å². The average molecular weight is 626 g/mol. The molecule has 0 spiro atoms. The lowest BCUT2D eigenvalue weighted by molar-refractivity contribution is -0.139. The van der Waals surface area contributed by atoms with Crippen LogP contribution >= 0.6 is 11.6 Å². The van der Waals surface area contributed by atoms with Gasteiger partial charge in [0.1, 0.15) is 18.3 Å². The number of sulfonamides is 1. The minimum absolute atomic E-state index is 0.0186. The number of hydrogen-bond donors (Lipinski definition) is 1. The fraction of sp³-hybridized carbons (Fsp3) is 0.394. The van der Waals surface area contributed by atoms with Crippen LogP contribution in [-0.4, -0.2) is 50.4 Å². The number of ether oxygens (including phenoxy) is 1. The zero-order valence-electron chi connectivity index (χ0n) is 25.0. The number of rotatable bonds is 12. The van der Waals surface area contributed by atoms with Crippen LogP contribution in [0.2, 0.25) is 5.02 Å². The van der Waals surface area contributed by atoms with Crippen LogP contribution < -0.4 is 14.4 Å². The Hall–Kier alpha value is -3.56. The number of hydrogen-bond acceptors (Lipinski definition) is 5. The average Bonchev–Trinajstić information content (AvgIpc) is 3.00. The standard InChI is InChI=1S/C33H40ClN3O5S/c1-4-42-29-18-20-30(21-19-29)43(40,41)37(28-16-14-24(2)15-17-28)23-32(38)36(22-26-10-8-9-13-31(26)34)25(3)33(39)35-27-11-6-5-7-12-27/h8-10,13-21,25,27H,4-7,11-12,22-23H2,1-3H3,(H,35,39)/t25-/m1/s1. The van der Waals surface area contributed by atoms with Crippen molar-refractivity contribution in [2.45, 2.75) is 76.4 Å². The van der Waals surface area contributed by atoms with Gasteiger partial charge in [-0.15, -0.1) is 0 Å². The molecule has 43 heavy (non-hydrogen) atoms. The third-order valence-corrected chi connectivity index (χ3v) is 9.90. The monoisotopic (exact) mass is 625 g/mol. The number of carbonyl (C=O) groups excluding carboxylic acids is 2. The number of carbonyl (C=O) groups is 2. The predicted molar refractivity (Wildman–Crippen MR) is 170 cm³/mol. The second kappa shape index (κ2) is 14.8. The Morgan fingerprint density at radius 2 is 1.63 bits per heavy atom. The normalized spacial score (nSPS) is 14.5. The van der Waals surface area contributed by atoms with E-state index in [-0.39, 0.29) is 23.4 Å². The summed E-state index contributed by atoms with van der Waals surface area (Å²) in [6, 6.07) is 19.4. The Morgan fingerprint density at radius 3 is 2.26 bits per heavy atom. The van der Waals surface area contributed by atoms with Gasteiger partial charge in [0.05, 0.1) is 17.2 Å². The van der Waals surface area contributed by atoms with Crippen LogP contribution in [0.4, 0.5) is 5.69 Å². The highest BCUT2D eigenvalue weighted by atomic mass is 35.5. The maximum atomic E-state index is 14.1. The van der Waals surface area contributed by atoms with Crippen molar-refractivity contribution < 1.29 is 22.7 Å². The van der Waals surface area contributed by atoms with Gasteiger partial charge in [0.25, 0.3) is 10.0 Å². The first-order valence-corrected chi connectivity index (χ1v) is 16.6. The fourth-order valence-electron chi connectivity index (χ4n) is 5.20. The lowest BCUT2D eigenvalue weighted by atomic mass is 9.95. The summed E-state index contributed by atoms with van der Waals surface area (Å²) in [5, 5.41) is 3.56. The maximum Gasteiger partial charge on any atom is 0.264 e. The summed E-state index contributed by atoms with van der Waals surface area (Å²) in [6.45, 7) is 5.40. The predicted octanol–water partition coefficient (Wildman–Crippen LogP) is 6.11. The van der Waals surface area contributed by atoms with E-state index in [1.165, 1.54) is 17.0 Å². The zero-order chi connectivity index (χ0) is 31.0. The molecule has 0 aromatic heterocycles. The molecular formula is C33H40ClN3O5S. The molecule has 1 aliphatic carbocycles. The summed E-state index contributed by atoms with van der Waals surface area (Å²) in [7, 11) is -4.17. The number of aryl methyl sites for hydroxylation is 1. The lowest BCUT2D eigenvalue weighted by Crippen LogP contribution is -2.53. The van der Waals surface area contributed by atoms with E-state index in [4.69, 9.17) is 16.3 Å². The minimum atomic E-state index is -4.17. The molecule has 0 aliphatic heterocycles. The Morgan fingerprint density at radius 1 is 0.977 bits per heavy atom. The van der Waals surface area contributed by atoms with Crippen LogP contribution in [0.5, 0.6) is 5.75 Å². The largest absolute Gasteiger partial charge is 0.494 e. The van der Waals surface area contributed by atoms with E-state index < -0.39 is 28.5 Å². The molecule has 4 rings (SSSR count). The van der Waals surface area contributed by atoms with Crippen molar-refractivity contribution in [3.05, 3.63) is 88.9 Å². The van der Waals surface area contributed by atoms with Gasteiger partial charge in [0.15, 0.2) is 0 Å². The van der Waals surface area contributed by atoms with Crippen molar-refractivity contribution in [3.63, 3.8) is 0 Å². The molecule has 10 heteroatoms. The number of amides is 2. The first kappa shape index (κ1) is 32.4. The minimum Gasteiger partial charge on any atom is -0.494 e. The van der Waals surface area contributed by atoms with Crippen LogP contribution in [-0.2, 0) is 26.2 Å². The second-order valence-corrected chi connectivity index (χ2v) is 13.2. The van der Waals surface area contributed by atoms with Gasteiger partial charge in [-0.1, -0.05) is 66.8 Å². The molecule has 1 N–H and O–H groups in total. The van der Waals surface area contributed by atoms with Crippen molar-refractivity contribution in [1.29, 1.82) is 0 Å². The highest BCUT2D eigenvalue weighted by Crippen LogP contribution is 2.27. The molecule has 0 radical (unpaired) electrons. The first-order chi connectivity index (χ1) is 20.6. The van der Waals surface area contributed by atoms with Crippen LogP contribution in [0.25, 0.3) is 0 Å². The topological polar surface area (TPSA) is 96.0 Å². The van der Waals surface area contributed by atoms with Crippen molar-refractivity contribution in [3.8, 4) is 5.75 Å². The quantitative estimate of drug-likeness (QED) is 0.262. The molecule has 1 atom stereocenters. The summed E-state index contributed by atoms with van der Waals surface area (Å²) < 4.78 is 34.6. The molecule has 2 amide bonds. The fourth-order valence-corrected chi connectivity index (χ4v) is 6.81. The third-order valence-electron chi connectivity index (χ3n) is 7.74. The van der Waals surface area contributed by atoms with Crippen molar-refractivity contribution in [2.75, 3.05) is 17.5 Å². The van der Waals surface area contributed by atoms with Gasteiger partial charge in [0, 0.05) is 17.6 Å². The number of benzene rings is 3. The zero-order valence-corrected chi connectivity index (χ0v) is 26.5. The SMILES string of the molecule is CCOc1ccc(S(=O)(=O)N(CC(=O)N(Cc2ccccc2Cl)[C@H](C)C(=O)NC2CCCCC2)c2ccc(C)cc2)cc1. The van der Waals surface area contributed by atoms with Crippen molar-refractivity contribution in [2.24, 2.45) is 0 Å². The van der Waals surface area contributed by atoms with E-state index in [1.807, 2.05) is 19.9 Å². The highest BCUT2D eigenvalue weighted by molar-refractivity contribution is 7.92. The van der Waals surface area contributed by atoms with Gasteiger partial charge in [-0.3, -0.25) is 13.9 Å². The smallest absolute Gasteiger partial charge is 0.264 e. The van der Waals surface area contributed by atoms with Crippen molar-refractivity contribution >= 4 is 39.1 Å². The van der Waals surface area contributed by atoms with Gasteiger partial charge >= 0.3 is 0 Å². The summed E-state index contributed by atoms with van der Waals surface area (Å²) >= 11 is 6.46. The van der Waals surface area contributed by atoms with E-state index >= 15 is 0 Å². The number of nitrogens with one attached hydrogen (secondary N) is 1. The Balaban J connectivity index is 1.67. The Labute approximate surface area is 260 Å². The lowest BCUT2D eigenvalue weighted by Gasteiger charge is -2.33. The molecule has 1 fully saturated rings. The van der Waals surface area contributed by atoms with Gasteiger partial charge < -0.3 is 15.0 Å². The van der Waals surface area contributed by atoms with Gasteiger partial charge in [-0.25, -0.2) is 8.42 Å². The molecule has 0 heterocycles. The van der Waals surface area contributed by atoms with E-state index in [1.54, 1.807) is 61.5 Å². The van der Waals surface area contributed by atoms with E-state index in [0.29, 0.717) is 28.6 Å². The molecule has 1 aliphatic rings. The summed E-state index contributed by atoms with van der Waals surface area (Å²) in [5.41, 5.74) is 1.94. The van der Waals surface area contributed by atoms with Gasteiger partial charge in [-0.05, 0) is 81.6 Å².